The Morgan fingerprint density at radius 3 is 2.35 bits per heavy atom. The van der Waals surface area contributed by atoms with Crippen molar-refractivity contribution in [1.29, 1.82) is 0 Å². The molecule has 0 radical (unpaired) electrons. The molecule has 0 bridgehead atoms. The van der Waals surface area contributed by atoms with E-state index in [1.54, 1.807) is 19.9 Å². The average Bonchev–Trinajstić information content (AvgIpc) is 2.23. The van der Waals surface area contributed by atoms with Gasteiger partial charge in [0.1, 0.15) is 0 Å². The van der Waals surface area contributed by atoms with Gasteiger partial charge in [0.05, 0.1) is 19.4 Å². The monoisotopic (exact) mass is 340 g/mol. The van der Waals surface area contributed by atoms with E-state index in [0.29, 0.717) is 18.2 Å². The molecule has 6 heteroatoms. The van der Waals surface area contributed by atoms with Gasteiger partial charge in [0.25, 0.3) is 0 Å². The first-order valence-corrected chi connectivity index (χ1v) is 8.22. The second kappa shape index (κ2) is 6.91. The molecule has 1 aromatic rings. The van der Waals surface area contributed by atoms with Crippen molar-refractivity contribution >= 4 is 35.1 Å². The maximum atomic E-state index is 12.3. The van der Waals surface area contributed by atoms with E-state index in [4.69, 9.17) is 20.6 Å². The minimum Gasteiger partial charge on any atom is -0.309 e. The van der Waals surface area contributed by atoms with Gasteiger partial charge < -0.3 is 9.05 Å². The maximum absolute atomic E-state index is 12.3. The summed E-state index contributed by atoms with van der Waals surface area (Å²) in [5, 5.41) is 0.555. The van der Waals surface area contributed by atoms with Crippen LogP contribution in [0, 0.1) is 0 Å². The molecule has 0 saturated carbocycles. The Hall–Kier alpha value is 0.140. The Morgan fingerprint density at radius 1 is 1.29 bits per heavy atom. The molecule has 0 saturated heterocycles. The van der Waals surface area contributed by atoms with E-state index in [1.165, 1.54) is 0 Å². The van der Waals surface area contributed by atoms with Crippen molar-refractivity contribution in [2.75, 3.05) is 13.2 Å². The highest BCUT2D eigenvalue weighted by molar-refractivity contribution is 9.10. The molecule has 0 aliphatic carbocycles. The molecule has 96 valence electrons. The van der Waals surface area contributed by atoms with Gasteiger partial charge in [-0.15, -0.1) is 0 Å². The molecule has 0 N–H and O–H groups in total. The van der Waals surface area contributed by atoms with E-state index in [9.17, 15) is 4.57 Å². The van der Waals surface area contributed by atoms with Gasteiger partial charge in [-0.1, -0.05) is 33.6 Å². The number of halogens is 2. The van der Waals surface area contributed by atoms with E-state index < -0.39 is 7.60 Å². The summed E-state index contributed by atoms with van der Waals surface area (Å²) in [7, 11) is -3.08. The lowest BCUT2D eigenvalue weighted by molar-refractivity contribution is 0.219. The smallest absolute Gasteiger partial charge is 0.309 e. The molecule has 0 fully saturated rings. The molecular formula is C11H15BrClO3P. The molecule has 1 aromatic carbocycles. The largest absolute Gasteiger partial charge is 0.335 e. The van der Waals surface area contributed by atoms with Crippen LogP contribution in [-0.2, 0) is 19.8 Å². The van der Waals surface area contributed by atoms with Crippen molar-refractivity contribution in [2.24, 2.45) is 0 Å². The van der Waals surface area contributed by atoms with Crippen molar-refractivity contribution in [1.82, 2.24) is 0 Å². The van der Waals surface area contributed by atoms with Gasteiger partial charge in [0.2, 0.25) is 0 Å². The highest BCUT2D eigenvalue weighted by Gasteiger charge is 2.25. The predicted octanol–water partition coefficient (Wildman–Crippen LogP) is 4.87. The number of benzene rings is 1. The quantitative estimate of drug-likeness (QED) is 0.693. The fourth-order valence-corrected chi connectivity index (χ4v) is 3.95. The van der Waals surface area contributed by atoms with Gasteiger partial charge in [-0.2, -0.15) is 0 Å². The molecule has 0 spiro atoms. The van der Waals surface area contributed by atoms with Crippen LogP contribution in [0.1, 0.15) is 19.4 Å². The fraction of sp³-hybridized carbons (Fsp3) is 0.455. The van der Waals surface area contributed by atoms with Crippen LogP contribution in [0.5, 0.6) is 0 Å². The Labute approximate surface area is 115 Å². The Kier molecular flexibility index (Phi) is 6.18. The van der Waals surface area contributed by atoms with Crippen molar-refractivity contribution in [3.8, 4) is 0 Å². The van der Waals surface area contributed by atoms with Crippen LogP contribution < -0.4 is 0 Å². The molecule has 0 unspecified atom stereocenters. The predicted molar refractivity (Wildman–Crippen MR) is 73.7 cm³/mol. The topological polar surface area (TPSA) is 35.5 Å². The highest BCUT2D eigenvalue weighted by atomic mass is 79.9. The molecular weight excluding hydrogens is 326 g/mol. The van der Waals surface area contributed by atoms with E-state index in [-0.39, 0.29) is 6.16 Å². The average molecular weight is 342 g/mol. The lowest BCUT2D eigenvalue weighted by Crippen LogP contribution is -1.99. The first kappa shape index (κ1) is 15.2. The molecule has 0 atom stereocenters. The Balaban J connectivity index is 2.89. The van der Waals surface area contributed by atoms with Gasteiger partial charge in [-0.3, -0.25) is 4.57 Å². The number of hydrogen-bond acceptors (Lipinski definition) is 3. The molecule has 0 aromatic heterocycles. The van der Waals surface area contributed by atoms with Gasteiger partial charge >= 0.3 is 7.60 Å². The first-order chi connectivity index (χ1) is 8.00. The zero-order chi connectivity index (χ0) is 12.9. The third-order valence-corrected chi connectivity index (χ3v) is 4.91. The van der Waals surface area contributed by atoms with Crippen LogP contribution in [0.2, 0.25) is 5.02 Å². The Morgan fingerprint density at radius 2 is 1.88 bits per heavy atom. The van der Waals surface area contributed by atoms with E-state index in [0.717, 1.165) is 10.0 Å². The summed E-state index contributed by atoms with van der Waals surface area (Å²) >= 11 is 9.40. The van der Waals surface area contributed by atoms with Crippen LogP contribution in [0.3, 0.4) is 0 Å². The lowest BCUT2D eigenvalue weighted by atomic mass is 10.2. The summed E-state index contributed by atoms with van der Waals surface area (Å²) in [6.07, 6.45) is 0.195. The maximum Gasteiger partial charge on any atom is 0.335 e. The van der Waals surface area contributed by atoms with Gasteiger partial charge in [0.15, 0.2) is 0 Å². The molecule has 1 rings (SSSR count). The summed E-state index contributed by atoms with van der Waals surface area (Å²) in [6, 6.07) is 5.43. The van der Waals surface area contributed by atoms with Crippen molar-refractivity contribution < 1.29 is 13.6 Å². The summed E-state index contributed by atoms with van der Waals surface area (Å²) in [6.45, 7) is 4.28. The van der Waals surface area contributed by atoms with Crippen molar-refractivity contribution in [3.05, 3.63) is 33.3 Å². The van der Waals surface area contributed by atoms with E-state index in [1.807, 2.05) is 12.1 Å². The van der Waals surface area contributed by atoms with Crippen molar-refractivity contribution in [3.63, 3.8) is 0 Å². The fourth-order valence-electron chi connectivity index (χ4n) is 1.38. The normalized spacial score (nSPS) is 11.8. The third kappa shape index (κ3) is 4.72. The summed E-state index contributed by atoms with van der Waals surface area (Å²) < 4.78 is 23.6. The number of rotatable bonds is 6. The first-order valence-electron chi connectivity index (χ1n) is 5.33. The molecule has 3 nitrogen and oxygen atoms in total. The molecule has 0 aliphatic rings. The zero-order valence-corrected chi connectivity index (χ0v) is 13.0. The SMILES string of the molecule is CCOP(=O)(Cc1ccc(Br)cc1Cl)OCC. The highest BCUT2D eigenvalue weighted by Crippen LogP contribution is 2.52. The zero-order valence-electron chi connectivity index (χ0n) is 9.78. The lowest BCUT2D eigenvalue weighted by Gasteiger charge is -2.17. The second-order valence-corrected chi connectivity index (χ2v) is 6.72. The summed E-state index contributed by atoms with van der Waals surface area (Å²) in [5.41, 5.74) is 0.764. The standard InChI is InChI=1S/C11H15BrClO3P/c1-3-15-17(14,16-4-2)8-9-5-6-10(12)7-11(9)13/h5-7H,3-4,8H2,1-2H3. The van der Waals surface area contributed by atoms with Crippen LogP contribution in [0.25, 0.3) is 0 Å². The summed E-state index contributed by atoms with van der Waals surface area (Å²) in [5.74, 6) is 0. The van der Waals surface area contributed by atoms with E-state index in [2.05, 4.69) is 15.9 Å². The second-order valence-electron chi connectivity index (χ2n) is 3.34. The van der Waals surface area contributed by atoms with E-state index >= 15 is 0 Å². The van der Waals surface area contributed by atoms with Crippen molar-refractivity contribution in [2.45, 2.75) is 20.0 Å². The van der Waals surface area contributed by atoms with Crippen LogP contribution >= 0.6 is 35.1 Å². The van der Waals surface area contributed by atoms with Crippen LogP contribution in [0.15, 0.2) is 22.7 Å². The third-order valence-electron chi connectivity index (χ3n) is 2.03. The molecule has 0 amide bonds. The van der Waals surface area contributed by atoms with Gasteiger partial charge in [-0.05, 0) is 31.5 Å². The molecule has 0 aliphatic heterocycles. The van der Waals surface area contributed by atoms with Gasteiger partial charge in [0, 0.05) is 9.50 Å². The Bertz CT molecular complexity index is 415. The molecule has 0 heterocycles. The minimum atomic E-state index is -3.08. The summed E-state index contributed by atoms with van der Waals surface area (Å²) in [4.78, 5) is 0. The number of hydrogen-bond donors (Lipinski definition) is 0. The van der Waals surface area contributed by atoms with Crippen LogP contribution in [0.4, 0.5) is 0 Å². The molecule has 17 heavy (non-hydrogen) atoms. The van der Waals surface area contributed by atoms with Gasteiger partial charge in [-0.25, -0.2) is 0 Å². The minimum absolute atomic E-state index is 0.195. The van der Waals surface area contributed by atoms with Crippen LogP contribution in [-0.4, -0.2) is 13.2 Å².